The van der Waals surface area contributed by atoms with Gasteiger partial charge in [0.2, 0.25) is 0 Å². The molecular formula is C8H17NOS. The van der Waals surface area contributed by atoms with Gasteiger partial charge in [-0.05, 0) is 19.8 Å². The number of nitrogens with two attached hydrogens (primary N) is 1. The zero-order valence-electron chi connectivity index (χ0n) is 7.08. The van der Waals surface area contributed by atoms with Crippen molar-refractivity contribution in [3.8, 4) is 0 Å². The fourth-order valence-corrected chi connectivity index (χ4v) is 2.23. The van der Waals surface area contributed by atoms with Gasteiger partial charge in [-0.15, -0.1) is 0 Å². The lowest BCUT2D eigenvalue weighted by atomic mass is 10.2. The van der Waals surface area contributed by atoms with Gasteiger partial charge in [-0.25, -0.2) is 0 Å². The van der Waals surface area contributed by atoms with E-state index < -0.39 is 0 Å². The van der Waals surface area contributed by atoms with E-state index >= 15 is 0 Å². The van der Waals surface area contributed by atoms with E-state index in [0.29, 0.717) is 6.04 Å². The molecule has 0 aliphatic carbocycles. The third-order valence-electron chi connectivity index (χ3n) is 1.76. The molecule has 1 heterocycles. The van der Waals surface area contributed by atoms with Crippen LogP contribution in [0.4, 0.5) is 0 Å². The van der Waals surface area contributed by atoms with Crippen LogP contribution in [0.2, 0.25) is 0 Å². The predicted molar refractivity (Wildman–Crippen MR) is 49.9 cm³/mol. The molecule has 0 amide bonds. The highest BCUT2D eigenvalue weighted by atomic mass is 32.2. The van der Waals surface area contributed by atoms with Crippen LogP contribution in [0, 0.1) is 0 Å². The molecule has 0 bridgehead atoms. The van der Waals surface area contributed by atoms with Crippen LogP contribution in [-0.2, 0) is 4.74 Å². The first-order valence-corrected chi connectivity index (χ1v) is 5.29. The summed E-state index contributed by atoms with van der Waals surface area (Å²) in [6, 6.07) is 0.336. The summed E-state index contributed by atoms with van der Waals surface area (Å²) in [7, 11) is 0. The molecule has 1 aliphatic heterocycles. The highest BCUT2D eigenvalue weighted by Crippen LogP contribution is 2.21. The summed E-state index contributed by atoms with van der Waals surface area (Å²) < 4.78 is 5.26. The summed E-state index contributed by atoms with van der Waals surface area (Å²) in [5.41, 5.74) is 5.66. The molecular weight excluding hydrogens is 158 g/mol. The van der Waals surface area contributed by atoms with Crippen molar-refractivity contribution in [2.75, 3.05) is 19.0 Å². The van der Waals surface area contributed by atoms with E-state index in [2.05, 4.69) is 6.92 Å². The number of rotatable bonds is 3. The van der Waals surface area contributed by atoms with Gasteiger partial charge in [0.25, 0.3) is 0 Å². The Morgan fingerprint density at radius 2 is 2.18 bits per heavy atom. The van der Waals surface area contributed by atoms with E-state index in [-0.39, 0.29) is 0 Å². The SMILES string of the molecule is C[C@@H](N)CSC1CCOCC1. The second-order valence-electron chi connectivity index (χ2n) is 3.12. The van der Waals surface area contributed by atoms with Crippen LogP contribution in [0.3, 0.4) is 0 Å². The Balaban J connectivity index is 2.05. The van der Waals surface area contributed by atoms with Gasteiger partial charge in [0.05, 0.1) is 0 Å². The zero-order chi connectivity index (χ0) is 8.10. The standard InChI is InChI=1S/C8H17NOS/c1-7(9)6-11-8-2-4-10-5-3-8/h7-8H,2-6,9H2,1H3/t7-/m1/s1. The number of thioether (sulfide) groups is 1. The maximum atomic E-state index is 5.66. The summed E-state index contributed by atoms with van der Waals surface area (Å²) in [6.45, 7) is 3.94. The molecule has 2 nitrogen and oxygen atoms in total. The molecule has 1 rings (SSSR count). The maximum absolute atomic E-state index is 5.66. The minimum Gasteiger partial charge on any atom is -0.381 e. The van der Waals surface area contributed by atoms with Crippen LogP contribution < -0.4 is 5.73 Å². The van der Waals surface area contributed by atoms with Crippen molar-refractivity contribution in [3.63, 3.8) is 0 Å². The first-order valence-electron chi connectivity index (χ1n) is 4.24. The molecule has 3 heteroatoms. The Morgan fingerprint density at radius 1 is 1.55 bits per heavy atom. The molecule has 2 N–H and O–H groups in total. The Bertz CT molecular complexity index is 102. The van der Waals surface area contributed by atoms with E-state index in [0.717, 1.165) is 24.2 Å². The van der Waals surface area contributed by atoms with Gasteiger partial charge < -0.3 is 10.5 Å². The van der Waals surface area contributed by atoms with Gasteiger partial charge >= 0.3 is 0 Å². The first kappa shape index (κ1) is 9.36. The van der Waals surface area contributed by atoms with Crippen LogP contribution >= 0.6 is 11.8 Å². The molecule has 1 saturated heterocycles. The van der Waals surface area contributed by atoms with Gasteiger partial charge in [0.15, 0.2) is 0 Å². The molecule has 0 aromatic heterocycles. The Kier molecular flexibility index (Phi) is 4.26. The zero-order valence-corrected chi connectivity index (χ0v) is 7.90. The van der Waals surface area contributed by atoms with Gasteiger partial charge in [-0.2, -0.15) is 11.8 Å². The van der Waals surface area contributed by atoms with Crippen LogP contribution in [-0.4, -0.2) is 30.3 Å². The van der Waals surface area contributed by atoms with Crippen molar-refractivity contribution >= 4 is 11.8 Å². The average molecular weight is 175 g/mol. The van der Waals surface area contributed by atoms with E-state index in [1.165, 1.54) is 12.8 Å². The van der Waals surface area contributed by atoms with Gasteiger partial charge in [-0.1, -0.05) is 0 Å². The molecule has 0 unspecified atom stereocenters. The molecule has 0 aromatic carbocycles. The van der Waals surface area contributed by atoms with Crippen LogP contribution in [0.5, 0.6) is 0 Å². The lowest BCUT2D eigenvalue weighted by Gasteiger charge is -2.21. The quantitative estimate of drug-likeness (QED) is 0.701. The molecule has 0 spiro atoms. The summed E-state index contributed by atoms with van der Waals surface area (Å²) in [4.78, 5) is 0. The lowest BCUT2D eigenvalue weighted by Crippen LogP contribution is -2.23. The van der Waals surface area contributed by atoms with E-state index in [4.69, 9.17) is 10.5 Å². The van der Waals surface area contributed by atoms with Crippen LogP contribution in [0.1, 0.15) is 19.8 Å². The monoisotopic (exact) mass is 175 g/mol. The fraction of sp³-hybridized carbons (Fsp3) is 1.00. The van der Waals surface area contributed by atoms with E-state index in [1.807, 2.05) is 11.8 Å². The molecule has 11 heavy (non-hydrogen) atoms. The van der Waals surface area contributed by atoms with Gasteiger partial charge in [-0.3, -0.25) is 0 Å². The Hall–Kier alpha value is 0.270. The normalized spacial score (nSPS) is 23.5. The van der Waals surface area contributed by atoms with Crippen molar-refractivity contribution in [3.05, 3.63) is 0 Å². The number of hydrogen-bond acceptors (Lipinski definition) is 3. The third-order valence-corrected chi connectivity index (χ3v) is 3.42. The summed E-state index contributed by atoms with van der Waals surface area (Å²) >= 11 is 2.00. The highest BCUT2D eigenvalue weighted by molar-refractivity contribution is 7.99. The number of hydrogen-bond donors (Lipinski definition) is 1. The van der Waals surface area contributed by atoms with Crippen molar-refractivity contribution in [1.82, 2.24) is 0 Å². The minimum absolute atomic E-state index is 0.336. The van der Waals surface area contributed by atoms with Gasteiger partial charge in [0.1, 0.15) is 0 Å². The van der Waals surface area contributed by atoms with E-state index in [9.17, 15) is 0 Å². The van der Waals surface area contributed by atoms with Crippen molar-refractivity contribution in [2.45, 2.75) is 31.1 Å². The first-order chi connectivity index (χ1) is 5.29. The number of ether oxygens (including phenoxy) is 1. The minimum atomic E-state index is 0.336. The van der Waals surface area contributed by atoms with Crippen molar-refractivity contribution < 1.29 is 4.74 Å². The maximum Gasteiger partial charge on any atom is 0.0476 e. The predicted octanol–water partition coefficient (Wildman–Crippen LogP) is 1.25. The molecule has 1 aliphatic rings. The second-order valence-corrected chi connectivity index (χ2v) is 4.46. The fourth-order valence-electron chi connectivity index (χ4n) is 1.13. The molecule has 1 atom stereocenters. The summed E-state index contributed by atoms with van der Waals surface area (Å²) in [5.74, 6) is 1.09. The Morgan fingerprint density at radius 3 is 2.73 bits per heavy atom. The van der Waals surface area contributed by atoms with Crippen molar-refractivity contribution in [1.29, 1.82) is 0 Å². The summed E-state index contributed by atoms with van der Waals surface area (Å²) in [6.07, 6.45) is 2.41. The largest absolute Gasteiger partial charge is 0.381 e. The van der Waals surface area contributed by atoms with Crippen LogP contribution in [0.25, 0.3) is 0 Å². The average Bonchev–Trinajstić information content (AvgIpc) is 2.03. The highest BCUT2D eigenvalue weighted by Gasteiger charge is 2.13. The van der Waals surface area contributed by atoms with Crippen LogP contribution in [0.15, 0.2) is 0 Å². The lowest BCUT2D eigenvalue weighted by molar-refractivity contribution is 0.1000. The summed E-state index contributed by atoms with van der Waals surface area (Å²) in [5, 5.41) is 0.801. The van der Waals surface area contributed by atoms with Crippen molar-refractivity contribution in [2.24, 2.45) is 5.73 Å². The molecule has 0 saturated carbocycles. The molecule has 66 valence electrons. The van der Waals surface area contributed by atoms with Gasteiger partial charge in [0, 0.05) is 30.3 Å². The Labute approximate surface area is 72.9 Å². The van der Waals surface area contributed by atoms with E-state index in [1.54, 1.807) is 0 Å². The molecule has 0 aromatic rings. The molecule has 0 radical (unpaired) electrons. The molecule has 1 fully saturated rings. The third kappa shape index (κ3) is 3.99. The smallest absolute Gasteiger partial charge is 0.0476 e. The topological polar surface area (TPSA) is 35.2 Å². The second kappa shape index (κ2) is 5.01.